The summed E-state index contributed by atoms with van der Waals surface area (Å²) in [5, 5.41) is 0. The van der Waals surface area contributed by atoms with Crippen molar-refractivity contribution in [3.63, 3.8) is 0 Å². The smallest absolute Gasteiger partial charge is 0.123 e. The minimum Gasteiger partial charge on any atom is -0.365 e. The molecule has 3 aromatic carbocycles. The number of hydrogen-bond acceptors (Lipinski definition) is 2. The zero-order valence-electron chi connectivity index (χ0n) is 18.7. The first-order valence-corrected chi connectivity index (χ1v) is 11.8. The van der Waals surface area contributed by atoms with Gasteiger partial charge in [0.15, 0.2) is 0 Å². The fourth-order valence-corrected chi connectivity index (χ4v) is 5.28. The molecule has 2 saturated heterocycles. The van der Waals surface area contributed by atoms with Crippen molar-refractivity contribution in [2.45, 2.75) is 50.4 Å². The van der Waals surface area contributed by atoms with E-state index in [4.69, 9.17) is 4.74 Å². The van der Waals surface area contributed by atoms with Crippen LogP contribution in [-0.4, -0.2) is 23.6 Å². The first-order valence-electron chi connectivity index (χ1n) is 11.8. The fraction of sp³-hybridized carbons (Fsp3) is 0.310. The van der Waals surface area contributed by atoms with Crippen LogP contribution in [-0.2, 0) is 11.3 Å². The molecule has 2 atom stereocenters. The molecule has 0 amide bonds. The number of fused-ring (bicyclic) bond motifs is 2. The number of rotatable bonds is 7. The number of ether oxygens (including phenoxy) is 1. The second kappa shape index (κ2) is 9.98. The van der Waals surface area contributed by atoms with E-state index in [-0.39, 0.29) is 17.7 Å². The van der Waals surface area contributed by atoms with Gasteiger partial charge in [-0.1, -0.05) is 66.2 Å². The number of benzene rings is 3. The highest BCUT2D eigenvalue weighted by atomic mass is 19.1. The van der Waals surface area contributed by atoms with Crippen LogP contribution in [0.5, 0.6) is 0 Å². The molecule has 0 unspecified atom stereocenters. The Morgan fingerprint density at radius 2 is 1.33 bits per heavy atom. The molecule has 2 aliphatic heterocycles. The molecule has 2 nitrogen and oxygen atoms in total. The van der Waals surface area contributed by atoms with Gasteiger partial charge in [0.25, 0.3) is 0 Å². The van der Waals surface area contributed by atoms with Crippen LogP contribution in [0, 0.1) is 11.6 Å². The van der Waals surface area contributed by atoms with Crippen molar-refractivity contribution in [3.05, 3.63) is 119 Å². The Labute approximate surface area is 194 Å². The molecule has 5 rings (SSSR count). The summed E-state index contributed by atoms with van der Waals surface area (Å²) >= 11 is 0. The van der Waals surface area contributed by atoms with Gasteiger partial charge in [0.05, 0.1) is 6.61 Å². The van der Waals surface area contributed by atoms with Crippen LogP contribution in [0.25, 0.3) is 0 Å². The summed E-state index contributed by atoms with van der Waals surface area (Å²) in [6, 6.07) is 24.6. The lowest BCUT2D eigenvalue weighted by Gasteiger charge is -2.36. The third kappa shape index (κ3) is 5.23. The summed E-state index contributed by atoms with van der Waals surface area (Å²) in [7, 11) is 0. The van der Waals surface area contributed by atoms with Gasteiger partial charge in [-0.3, -0.25) is 4.90 Å². The van der Waals surface area contributed by atoms with Gasteiger partial charge in [-0.2, -0.15) is 0 Å². The lowest BCUT2D eigenvalue weighted by molar-refractivity contribution is 0.102. The third-order valence-corrected chi connectivity index (χ3v) is 6.96. The van der Waals surface area contributed by atoms with Crippen molar-refractivity contribution in [1.82, 2.24) is 4.90 Å². The molecule has 3 aromatic rings. The van der Waals surface area contributed by atoms with Crippen molar-refractivity contribution in [1.29, 1.82) is 0 Å². The fourth-order valence-electron chi connectivity index (χ4n) is 5.28. The monoisotopic (exact) mass is 445 g/mol. The lowest BCUT2D eigenvalue weighted by Crippen LogP contribution is -2.39. The predicted molar refractivity (Wildman–Crippen MR) is 127 cm³/mol. The molecule has 0 radical (unpaired) electrons. The van der Waals surface area contributed by atoms with Crippen LogP contribution in [0.1, 0.15) is 48.5 Å². The van der Waals surface area contributed by atoms with Crippen LogP contribution in [0.2, 0.25) is 0 Å². The lowest BCUT2D eigenvalue weighted by atomic mass is 9.95. The maximum atomic E-state index is 13.4. The highest BCUT2D eigenvalue weighted by Gasteiger charge is 2.38. The number of nitrogens with zero attached hydrogens (tertiary/aromatic N) is 1. The van der Waals surface area contributed by atoms with Crippen molar-refractivity contribution >= 4 is 0 Å². The molecule has 2 bridgehead atoms. The maximum Gasteiger partial charge on any atom is 0.123 e. The molecule has 4 heteroatoms. The third-order valence-electron chi connectivity index (χ3n) is 6.96. The first-order chi connectivity index (χ1) is 16.2. The topological polar surface area (TPSA) is 12.5 Å². The minimum atomic E-state index is -0.363. The van der Waals surface area contributed by atoms with Gasteiger partial charge in [-0.05, 0) is 66.6 Å². The molecule has 0 aromatic heterocycles. The Hall–Kier alpha value is -2.82. The highest BCUT2D eigenvalue weighted by Crippen LogP contribution is 2.39. The SMILES string of the molecule is Fc1ccc(C(OCC=C2C[C@H]3CC[C@@H](C2)N3Cc2ccccc2)c2ccc(F)cc2)cc1. The molecule has 33 heavy (non-hydrogen) atoms. The van der Waals surface area contributed by atoms with E-state index in [0.717, 1.165) is 30.5 Å². The van der Waals surface area contributed by atoms with E-state index in [1.807, 2.05) is 0 Å². The summed E-state index contributed by atoms with van der Waals surface area (Å²) in [6.45, 7) is 1.50. The van der Waals surface area contributed by atoms with E-state index >= 15 is 0 Å². The van der Waals surface area contributed by atoms with E-state index in [2.05, 4.69) is 41.3 Å². The molecule has 2 aliphatic rings. The zero-order valence-corrected chi connectivity index (χ0v) is 18.7. The predicted octanol–water partition coefficient (Wildman–Crippen LogP) is 6.82. The Morgan fingerprint density at radius 3 is 1.88 bits per heavy atom. The van der Waals surface area contributed by atoms with Crippen molar-refractivity contribution in [2.24, 2.45) is 0 Å². The molecular formula is C29H29F2NO. The minimum absolute atomic E-state index is 0.281. The number of hydrogen-bond donors (Lipinski definition) is 0. The summed E-state index contributed by atoms with van der Waals surface area (Å²) in [6.07, 6.45) is 6.55. The Balaban J connectivity index is 1.25. The van der Waals surface area contributed by atoms with Gasteiger partial charge in [0.1, 0.15) is 17.7 Å². The molecular weight excluding hydrogens is 416 g/mol. The van der Waals surface area contributed by atoms with Gasteiger partial charge in [-0.15, -0.1) is 0 Å². The largest absolute Gasteiger partial charge is 0.365 e. The first kappa shape index (κ1) is 22.0. The van der Waals surface area contributed by atoms with E-state index in [1.54, 1.807) is 24.3 Å². The summed E-state index contributed by atoms with van der Waals surface area (Å²) in [5.41, 5.74) is 4.56. The Bertz CT molecular complexity index is 1020. The quantitative estimate of drug-likeness (QED) is 0.370. The molecule has 0 saturated carbocycles. The van der Waals surface area contributed by atoms with Crippen LogP contribution in [0.3, 0.4) is 0 Å². The normalized spacial score (nSPS) is 21.7. The van der Waals surface area contributed by atoms with Gasteiger partial charge in [0.2, 0.25) is 0 Å². The van der Waals surface area contributed by atoms with E-state index in [0.29, 0.717) is 18.7 Å². The van der Waals surface area contributed by atoms with Crippen molar-refractivity contribution < 1.29 is 13.5 Å². The average Bonchev–Trinajstić information content (AvgIpc) is 3.06. The molecule has 2 fully saturated rings. The molecule has 0 spiro atoms. The highest BCUT2D eigenvalue weighted by molar-refractivity contribution is 5.31. The maximum absolute atomic E-state index is 13.4. The van der Waals surface area contributed by atoms with E-state index < -0.39 is 0 Å². The van der Waals surface area contributed by atoms with Crippen LogP contribution in [0.15, 0.2) is 90.5 Å². The summed E-state index contributed by atoms with van der Waals surface area (Å²) in [4.78, 5) is 2.67. The summed E-state index contributed by atoms with van der Waals surface area (Å²) < 4.78 is 33.2. The van der Waals surface area contributed by atoms with Gasteiger partial charge >= 0.3 is 0 Å². The summed E-state index contributed by atoms with van der Waals surface area (Å²) in [5.74, 6) is -0.562. The second-order valence-electron chi connectivity index (χ2n) is 9.13. The second-order valence-corrected chi connectivity index (χ2v) is 9.13. The zero-order chi connectivity index (χ0) is 22.6. The number of halogens is 2. The standard InChI is InChI=1S/C29H29F2NO/c30-25-10-6-23(7-11-25)29(24-8-12-26(31)13-9-24)33-17-16-22-18-27-14-15-28(19-22)32(27)20-21-4-2-1-3-5-21/h1-13,16,27-29H,14-15,17-20H2/t27-,28+. The Morgan fingerprint density at radius 1 is 0.788 bits per heavy atom. The molecule has 170 valence electrons. The van der Waals surface area contributed by atoms with E-state index in [9.17, 15) is 8.78 Å². The van der Waals surface area contributed by atoms with Crippen LogP contribution < -0.4 is 0 Å². The van der Waals surface area contributed by atoms with Gasteiger partial charge in [0, 0.05) is 18.6 Å². The van der Waals surface area contributed by atoms with Gasteiger partial charge < -0.3 is 4.74 Å². The van der Waals surface area contributed by atoms with E-state index in [1.165, 1.54) is 48.2 Å². The number of piperidine rings is 1. The van der Waals surface area contributed by atoms with Crippen molar-refractivity contribution in [2.75, 3.05) is 6.61 Å². The molecule has 0 aliphatic carbocycles. The molecule has 2 heterocycles. The average molecular weight is 446 g/mol. The van der Waals surface area contributed by atoms with Crippen molar-refractivity contribution in [3.8, 4) is 0 Å². The Kier molecular flexibility index (Phi) is 6.65. The van der Waals surface area contributed by atoms with Gasteiger partial charge in [-0.25, -0.2) is 8.78 Å². The van der Waals surface area contributed by atoms with Crippen LogP contribution >= 0.6 is 0 Å². The van der Waals surface area contributed by atoms with Crippen LogP contribution in [0.4, 0.5) is 8.78 Å². The molecule has 0 N–H and O–H groups in total.